The summed E-state index contributed by atoms with van der Waals surface area (Å²) in [6.07, 6.45) is -4.18. The third-order valence-corrected chi connectivity index (χ3v) is 3.77. The van der Waals surface area contributed by atoms with E-state index in [1.165, 1.54) is 12.1 Å². The van der Waals surface area contributed by atoms with Gasteiger partial charge in [-0.3, -0.25) is 9.59 Å². The van der Waals surface area contributed by atoms with Gasteiger partial charge in [-0.25, -0.2) is 19.2 Å². The van der Waals surface area contributed by atoms with E-state index in [1.54, 1.807) is 0 Å². The molecule has 2 atom stereocenters. The minimum absolute atomic E-state index is 0.233. The van der Waals surface area contributed by atoms with Crippen LogP contribution < -0.4 is 0 Å². The number of esters is 2. The summed E-state index contributed by atoms with van der Waals surface area (Å²) >= 11 is 0. The summed E-state index contributed by atoms with van der Waals surface area (Å²) in [5, 5.41) is 0. The molecule has 30 heavy (non-hydrogen) atoms. The van der Waals surface area contributed by atoms with Gasteiger partial charge in [-0.15, -0.1) is 0 Å². The Kier molecular flexibility index (Phi) is 6.49. The molecule has 2 unspecified atom stereocenters. The first-order chi connectivity index (χ1) is 14.3. The second-order valence-corrected chi connectivity index (χ2v) is 5.98. The van der Waals surface area contributed by atoms with E-state index in [0.29, 0.717) is 0 Å². The highest BCUT2D eigenvalue weighted by atomic mass is 16.7. The van der Waals surface area contributed by atoms with E-state index in [0.717, 1.165) is 12.1 Å². The lowest BCUT2D eigenvalue weighted by Gasteiger charge is -2.08. The first kappa shape index (κ1) is 21.1. The van der Waals surface area contributed by atoms with Crippen LogP contribution in [-0.4, -0.2) is 74.5 Å². The molecular weight excluding hydrogens is 408 g/mol. The molecule has 2 fully saturated rings. The highest BCUT2D eigenvalue weighted by Crippen LogP contribution is 2.14. The number of rotatable bonds is 8. The van der Waals surface area contributed by atoms with Gasteiger partial charge >= 0.3 is 24.2 Å². The van der Waals surface area contributed by atoms with Gasteiger partial charge in [-0.2, -0.15) is 0 Å². The zero-order chi connectivity index (χ0) is 21.7. The largest absolute Gasteiger partial charge is 0.516 e. The Morgan fingerprint density at radius 2 is 1.10 bits per heavy atom. The van der Waals surface area contributed by atoms with Gasteiger partial charge in [0.15, 0.2) is 13.2 Å². The number of carbonyl (C=O) groups excluding carboxylic acids is 6. The SMILES string of the molecule is O=C(OCC(=O)C1CO1)OC(=O)c1ccccc1C(=O)OC(=O)OCC(=O)C1CO1. The highest BCUT2D eigenvalue weighted by molar-refractivity contribution is 6.07. The number of hydrogen-bond acceptors (Lipinski definition) is 12. The molecule has 0 radical (unpaired) electrons. The average Bonchev–Trinajstić information content (AvgIpc) is 3.62. The fourth-order valence-electron chi connectivity index (χ4n) is 2.07. The predicted molar refractivity (Wildman–Crippen MR) is 89.5 cm³/mol. The summed E-state index contributed by atoms with van der Waals surface area (Å²) in [6, 6.07) is 4.99. The number of carbonyl (C=O) groups is 6. The molecule has 0 aromatic heterocycles. The van der Waals surface area contributed by atoms with Gasteiger partial charge in [0.25, 0.3) is 0 Å². The van der Waals surface area contributed by atoms with Gasteiger partial charge in [0, 0.05) is 0 Å². The quantitative estimate of drug-likeness (QED) is 0.318. The molecular formula is C18H14O12. The second kappa shape index (κ2) is 9.24. The Bertz CT molecular complexity index is 823. The molecule has 0 bridgehead atoms. The van der Waals surface area contributed by atoms with Crippen LogP contribution in [0.4, 0.5) is 9.59 Å². The summed E-state index contributed by atoms with van der Waals surface area (Å²) in [6.45, 7) is -0.818. The van der Waals surface area contributed by atoms with E-state index in [1.807, 2.05) is 0 Å². The molecule has 2 heterocycles. The Balaban J connectivity index is 1.52. The Hall–Kier alpha value is -3.64. The smallest absolute Gasteiger partial charge is 0.426 e. The van der Waals surface area contributed by atoms with Crippen molar-refractivity contribution >= 4 is 35.8 Å². The van der Waals surface area contributed by atoms with Crippen molar-refractivity contribution in [3.05, 3.63) is 35.4 Å². The van der Waals surface area contributed by atoms with E-state index in [2.05, 4.69) is 18.9 Å². The maximum absolute atomic E-state index is 12.1. The van der Waals surface area contributed by atoms with E-state index in [9.17, 15) is 28.8 Å². The minimum Gasteiger partial charge on any atom is -0.426 e. The van der Waals surface area contributed by atoms with Crippen molar-refractivity contribution in [2.24, 2.45) is 0 Å². The van der Waals surface area contributed by atoms with Crippen LogP contribution >= 0.6 is 0 Å². The lowest BCUT2D eigenvalue weighted by Crippen LogP contribution is -2.23. The first-order valence-electron chi connectivity index (χ1n) is 8.50. The molecule has 1 aromatic rings. The second-order valence-electron chi connectivity index (χ2n) is 5.98. The summed E-state index contributed by atoms with van der Waals surface area (Å²) < 4.78 is 27.3. The van der Waals surface area contributed by atoms with Crippen LogP contribution in [-0.2, 0) is 38.0 Å². The molecule has 0 amide bonds. The maximum atomic E-state index is 12.1. The van der Waals surface area contributed by atoms with E-state index in [4.69, 9.17) is 9.47 Å². The number of Topliss-reactive ketones (excluding diaryl/α,β-unsaturated/α-hetero) is 2. The molecule has 0 spiro atoms. The molecule has 2 aliphatic rings. The molecule has 0 saturated carbocycles. The van der Waals surface area contributed by atoms with Crippen molar-refractivity contribution in [3.8, 4) is 0 Å². The van der Waals surface area contributed by atoms with Crippen LogP contribution in [0.15, 0.2) is 24.3 Å². The van der Waals surface area contributed by atoms with Crippen LogP contribution in [0.25, 0.3) is 0 Å². The van der Waals surface area contributed by atoms with Crippen molar-refractivity contribution in [2.45, 2.75) is 12.2 Å². The number of benzene rings is 1. The van der Waals surface area contributed by atoms with Gasteiger partial charge in [-0.1, -0.05) is 12.1 Å². The van der Waals surface area contributed by atoms with Gasteiger partial charge in [0.05, 0.1) is 24.3 Å². The molecule has 12 heteroatoms. The Morgan fingerprint density at radius 3 is 1.43 bits per heavy atom. The number of ether oxygens (including phenoxy) is 6. The van der Waals surface area contributed by atoms with Gasteiger partial charge in [0.1, 0.15) is 12.2 Å². The van der Waals surface area contributed by atoms with E-state index >= 15 is 0 Å². The monoisotopic (exact) mass is 422 g/mol. The van der Waals surface area contributed by atoms with Crippen molar-refractivity contribution in [2.75, 3.05) is 26.4 Å². The van der Waals surface area contributed by atoms with Crippen LogP contribution in [0, 0.1) is 0 Å². The van der Waals surface area contributed by atoms with Crippen LogP contribution in [0.1, 0.15) is 20.7 Å². The molecule has 1 aromatic carbocycles. The fraction of sp³-hybridized carbons (Fsp3) is 0.333. The third kappa shape index (κ3) is 5.93. The molecule has 12 nitrogen and oxygen atoms in total. The van der Waals surface area contributed by atoms with Crippen LogP contribution in [0.5, 0.6) is 0 Å². The lowest BCUT2D eigenvalue weighted by atomic mass is 10.1. The summed E-state index contributed by atoms with van der Waals surface area (Å²) in [5.74, 6) is -3.54. The Morgan fingerprint density at radius 1 is 0.733 bits per heavy atom. The van der Waals surface area contributed by atoms with Gasteiger partial charge in [0.2, 0.25) is 11.6 Å². The fourth-order valence-corrected chi connectivity index (χ4v) is 2.07. The topological polar surface area (TPSA) is 164 Å². The number of hydrogen-bond donors (Lipinski definition) is 0. The molecule has 2 aliphatic heterocycles. The average molecular weight is 422 g/mol. The Labute approximate surface area is 167 Å². The molecule has 2 saturated heterocycles. The predicted octanol–water partition coefficient (Wildman–Crippen LogP) is 0.209. The zero-order valence-corrected chi connectivity index (χ0v) is 15.2. The third-order valence-electron chi connectivity index (χ3n) is 3.77. The number of epoxide rings is 2. The standard InChI is InChI=1S/C18H14O12/c19-11(13-7-25-13)5-27-17(23)29-15(21)9-3-1-2-4-10(9)16(22)30-18(24)28-6-12(20)14-8-26-14/h1-4,13-14H,5-8H2. The maximum Gasteiger partial charge on any atom is 0.516 e. The molecule has 158 valence electrons. The molecule has 3 rings (SSSR count). The van der Waals surface area contributed by atoms with E-state index < -0.39 is 72.4 Å². The van der Waals surface area contributed by atoms with Crippen molar-refractivity contribution in [3.63, 3.8) is 0 Å². The van der Waals surface area contributed by atoms with Crippen LogP contribution in [0.2, 0.25) is 0 Å². The molecule has 0 aliphatic carbocycles. The van der Waals surface area contributed by atoms with Gasteiger partial charge < -0.3 is 28.4 Å². The zero-order valence-electron chi connectivity index (χ0n) is 15.2. The van der Waals surface area contributed by atoms with Crippen LogP contribution in [0.3, 0.4) is 0 Å². The highest BCUT2D eigenvalue weighted by Gasteiger charge is 2.33. The van der Waals surface area contributed by atoms with Gasteiger partial charge in [-0.05, 0) is 12.1 Å². The summed E-state index contributed by atoms with van der Waals surface area (Å²) in [7, 11) is 0. The normalized spacial score (nSPS) is 18.5. The van der Waals surface area contributed by atoms with Crippen molar-refractivity contribution < 1.29 is 57.2 Å². The number of ketones is 2. The first-order valence-corrected chi connectivity index (χ1v) is 8.50. The molecule has 0 N–H and O–H groups in total. The lowest BCUT2D eigenvalue weighted by molar-refractivity contribution is -0.124. The minimum atomic E-state index is -1.46. The van der Waals surface area contributed by atoms with E-state index in [-0.39, 0.29) is 13.2 Å². The summed E-state index contributed by atoms with van der Waals surface area (Å²) in [5.41, 5.74) is -0.821. The van der Waals surface area contributed by atoms with Crippen molar-refractivity contribution in [1.29, 1.82) is 0 Å². The van der Waals surface area contributed by atoms with Crippen molar-refractivity contribution in [1.82, 2.24) is 0 Å². The summed E-state index contributed by atoms with van der Waals surface area (Å²) in [4.78, 5) is 70.1.